The summed E-state index contributed by atoms with van der Waals surface area (Å²) in [4.78, 5) is 10.4. The molecule has 0 aliphatic rings. The molecule has 1 rings (SSSR count). The first-order chi connectivity index (χ1) is 8.30. The van der Waals surface area contributed by atoms with Crippen molar-refractivity contribution in [3.05, 3.63) is 28.8 Å². The van der Waals surface area contributed by atoms with Gasteiger partial charge < -0.3 is 5.11 Å². The van der Waals surface area contributed by atoms with Gasteiger partial charge in [-0.3, -0.25) is 0 Å². The molecule has 0 atom stereocenters. The number of thioether (sulfide) groups is 1. The number of nitriles is 1. The van der Waals surface area contributed by atoms with Crippen molar-refractivity contribution in [1.29, 1.82) is 5.26 Å². The quantitative estimate of drug-likeness (QED) is 0.683. The average molecular weight is 296 g/mol. The average Bonchev–Trinajstić information content (AvgIpc) is 2.26. The van der Waals surface area contributed by atoms with E-state index >= 15 is 0 Å². The van der Waals surface area contributed by atoms with Crippen LogP contribution in [0.4, 0.5) is 13.2 Å². The van der Waals surface area contributed by atoms with E-state index in [1.807, 2.05) is 0 Å². The Morgan fingerprint density at radius 3 is 2.50 bits per heavy atom. The molecule has 0 radical (unpaired) electrons. The monoisotopic (exact) mass is 295 g/mol. The van der Waals surface area contributed by atoms with E-state index in [0.717, 1.165) is 12.1 Å². The van der Waals surface area contributed by atoms with Crippen molar-refractivity contribution in [2.45, 2.75) is 16.3 Å². The van der Waals surface area contributed by atoms with Gasteiger partial charge in [-0.05, 0) is 29.5 Å². The zero-order valence-corrected chi connectivity index (χ0v) is 10.2. The third-order valence-corrected chi connectivity index (χ3v) is 3.13. The SMILES string of the molecule is N#Cc1ccc(C(=O)O)c(CCl)c1SC(F)(F)F. The molecule has 0 aliphatic heterocycles. The first-order valence-electron chi connectivity index (χ1n) is 4.41. The Morgan fingerprint density at radius 2 is 2.11 bits per heavy atom. The van der Waals surface area contributed by atoms with Gasteiger partial charge in [-0.15, -0.1) is 11.6 Å². The number of aromatic carboxylic acids is 1. The van der Waals surface area contributed by atoms with Crippen molar-refractivity contribution in [2.75, 3.05) is 0 Å². The fourth-order valence-electron chi connectivity index (χ4n) is 1.28. The van der Waals surface area contributed by atoms with Crippen LogP contribution in [0.2, 0.25) is 0 Å². The number of carboxylic acid groups (broad SMARTS) is 1. The molecule has 0 fully saturated rings. The Morgan fingerprint density at radius 1 is 1.50 bits per heavy atom. The van der Waals surface area contributed by atoms with Gasteiger partial charge in [0.2, 0.25) is 0 Å². The predicted octanol–water partition coefficient (Wildman–Crippen LogP) is 3.61. The second kappa shape index (κ2) is 5.50. The Hall–Kier alpha value is -1.39. The summed E-state index contributed by atoms with van der Waals surface area (Å²) < 4.78 is 37.1. The summed E-state index contributed by atoms with van der Waals surface area (Å²) in [7, 11) is 0. The molecule has 0 spiro atoms. The number of alkyl halides is 4. The van der Waals surface area contributed by atoms with Gasteiger partial charge in [-0.2, -0.15) is 18.4 Å². The van der Waals surface area contributed by atoms with Gasteiger partial charge in [-0.25, -0.2) is 4.79 Å². The molecule has 0 aliphatic carbocycles. The van der Waals surface area contributed by atoms with Gasteiger partial charge in [0, 0.05) is 10.8 Å². The van der Waals surface area contributed by atoms with Crippen LogP contribution in [0.15, 0.2) is 17.0 Å². The van der Waals surface area contributed by atoms with Gasteiger partial charge in [-0.1, -0.05) is 0 Å². The summed E-state index contributed by atoms with van der Waals surface area (Å²) in [5, 5.41) is 17.6. The van der Waals surface area contributed by atoms with Crippen LogP contribution in [0, 0.1) is 11.3 Å². The second-order valence-electron chi connectivity index (χ2n) is 3.07. The van der Waals surface area contributed by atoms with Crippen LogP contribution < -0.4 is 0 Å². The minimum atomic E-state index is -4.62. The second-order valence-corrected chi connectivity index (χ2v) is 4.41. The van der Waals surface area contributed by atoms with Crippen molar-refractivity contribution >= 4 is 29.3 Å². The first kappa shape index (κ1) is 14.7. The molecule has 0 aromatic heterocycles. The number of nitrogens with zero attached hydrogens (tertiary/aromatic N) is 1. The molecule has 0 saturated carbocycles. The molecule has 0 heterocycles. The van der Waals surface area contributed by atoms with Crippen molar-refractivity contribution in [3.63, 3.8) is 0 Å². The topological polar surface area (TPSA) is 61.1 Å². The van der Waals surface area contributed by atoms with Crippen LogP contribution in [-0.4, -0.2) is 16.6 Å². The number of hydrogen-bond acceptors (Lipinski definition) is 3. The lowest BCUT2D eigenvalue weighted by atomic mass is 10.1. The molecular weight excluding hydrogens is 291 g/mol. The fraction of sp³-hybridized carbons (Fsp3) is 0.200. The summed E-state index contributed by atoms with van der Waals surface area (Å²) in [6.45, 7) is 0. The van der Waals surface area contributed by atoms with E-state index in [2.05, 4.69) is 0 Å². The maximum atomic E-state index is 12.4. The van der Waals surface area contributed by atoms with Crippen LogP contribution in [0.1, 0.15) is 21.5 Å². The first-order valence-corrected chi connectivity index (χ1v) is 5.76. The third kappa shape index (κ3) is 3.31. The largest absolute Gasteiger partial charge is 0.478 e. The third-order valence-electron chi connectivity index (χ3n) is 1.96. The Balaban J connectivity index is 3.48. The molecule has 0 saturated heterocycles. The maximum absolute atomic E-state index is 12.4. The highest BCUT2D eigenvalue weighted by Crippen LogP contribution is 2.41. The number of hydrogen-bond donors (Lipinski definition) is 1. The molecule has 0 bridgehead atoms. The summed E-state index contributed by atoms with van der Waals surface area (Å²) in [5.74, 6) is -1.81. The van der Waals surface area contributed by atoms with Crippen molar-refractivity contribution < 1.29 is 23.1 Å². The van der Waals surface area contributed by atoms with Gasteiger partial charge in [0.15, 0.2) is 0 Å². The lowest BCUT2D eigenvalue weighted by Crippen LogP contribution is -2.07. The minimum absolute atomic E-state index is 0.203. The van der Waals surface area contributed by atoms with Gasteiger partial charge in [0.05, 0.1) is 11.1 Å². The highest BCUT2D eigenvalue weighted by Gasteiger charge is 2.33. The lowest BCUT2D eigenvalue weighted by Gasteiger charge is -2.13. The van der Waals surface area contributed by atoms with Crippen molar-refractivity contribution in [1.82, 2.24) is 0 Å². The van der Waals surface area contributed by atoms with Gasteiger partial charge >= 0.3 is 11.5 Å². The molecule has 1 aromatic carbocycles. The summed E-state index contributed by atoms with van der Waals surface area (Å²) in [5.41, 5.74) is -5.41. The molecule has 3 nitrogen and oxygen atoms in total. The molecule has 0 amide bonds. The normalized spacial score (nSPS) is 11.1. The number of benzene rings is 1. The Labute approximate surface area is 109 Å². The molecule has 1 N–H and O–H groups in total. The minimum Gasteiger partial charge on any atom is -0.478 e. The van der Waals surface area contributed by atoms with Crippen LogP contribution in [0.5, 0.6) is 0 Å². The molecule has 96 valence electrons. The summed E-state index contributed by atoms with van der Waals surface area (Å²) >= 11 is 4.95. The summed E-state index contributed by atoms with van der Waals surface area (Å²) in [6, 6.07) is 3.69. The van der Waals surface area contributed by atoms with Crippen molar-refractivity contribution in [3.8, 4) is 6.07 Å². The van der Waals surface area contributed by atoms with Gasteiger partial charge in [0.1, 0.15) is 6.07 Å². The van der Waals surface area contributed by atoms with E-state index in [1.165, 1.54) is 0 Å². The number of carbonyl (C=O) groups is 1. The smallest absolute Gasteiger partial charge is 0.446 e. The van der Waals surface area contributed by atoms with E-state index in [-0.39, 0.29) is 16.7 Å². The zero-order chi connectivity index (χ0) is 13.9. The Bertz CT molecular complexity index is 525. The van der Waals surface area contributed by atoms with Crippen LogP contribution in [0.3, 0.4) is 0 Å². The molecular formula is C10H5ClF3NO2S. The highest BCUT2D eigenvalue weighted by atomic mass is 35.5. The molecule has 0 unspecified atom stereocenters. The summed E-state index contributed by atoms with van der Waals surface area (Å²) in [6.07, 6.45) is 0. The standard InChI is InChI=1S/C10H5ClF3NO2S/c11-3-7-6(9(16)17)2-1-5(4-15)8(7)18-10(12,13)14/h1-2H,3H2,(H,16,17). The lowest BCUT2D eigenvalue weighted by molar-refractivity contribution is -0.0328. The number of carboxylic acids is 1. The maximum Gasteiger partial charge on any atom is 0.446 e. The van der Waals surface area contributed by atoms with E-state index in [0.29, 0.717) is 0 Å². The van der Waals surface area contributed by atoms with Crippen LogP contribution in [-0.2, 0) is 5.88 Å². The molecule has 1 aromatic rings. The van der Waals surface area contributed by atoms with E-state index in [9.17, 15) is 18.0 Å². The molecule has 8 heteroatoms. The Kier molecular flexibility index (Phi) is 4.48. The fourth-order valence-corrected chi connectivity index (χ4v) is 2.40. The zero-order valence-electron chi connectivity index (χ0n) is 8.58. The van der Waals surface area contributed by atoms with Crippen molar-refractivity contribution in [2.24, 2.45) is 0 Å². The van der Waals surface area contributed by atoms with Gasteiger partial charge in [0.25, 0.3) is 0 Å². The number of halogens is 4. The number of rotatable bonds is 3. The van der Waals surface area contributed by atoms with E-state index < -0.39 is 34.0 Å². The van der Waals surface area contributed by atoms with E-state index in [4.69, 9.17) is 22.0 Å². The van der Waals surface area contributed by atoms with Crippen LogP contribution >= 0.6 is 23.4 Å². The van der Waals surface area contributed by atoms with Crippen LogP contribution in [0.25, 0.3) is 0 Å². The predicted molar refractivity (Wildman–Crippen MR) is 59.6 cm³/mol. The molecule has 18 heavy (non-hydrogen) atoms. The van der Waals surface area contributed by atoms with E-state index in [1.54, 1.807) is 6.07 Å². The highest BCUT2D eigenvalue weighted by molar-refractivity contribution is 8.00.